The van der Waals surface area contributed by atoms with Crippen LogP contribution in [0.5, 0.6) is 0 Å². The molecule has 3 aliphatic heterocycles. The van der Waals surface area contributed by atoms with Crippen LogP contribution in [0, 0.1) is 0 Å². The summed E-state index contributed by atoms with van der Waals surface area (Å²) in [6, 6.07) is 0. The Balaban J connectivity index is 0.000000254. The fourth-order valence-electron chi connectivity index (χ4n) is 2.77. The largest absolute Gasteiger partial charge is 0.394 e. The van der Waals surface area contributed by atoms with Crippen LogP contribution >= 0.6 is 0 Å². The van der Waals surface area contributed by atoms with Gasteiger partial charge in [0.25, 0.3) is 0 Å². The number of aliphatic hydroxyl groups excluding tert-OH is 5. The average molecular weight is 365 g/mol. The lowest BCUT2D eigenvalue weighted by Crippen LogP contribution is -2.52. The fraction of sp³-hybridized carbons (Fsp3) is 1.00. The molecular weight excluding hydrogens is 339 g/mol. The molecule has 8 atom stereocenters. The van der Waals surface area contributed by atoms with Gasteiger partial charge in [-0.05, 0) is 13.8 Å². The van der Waals surface area contributed by atoms with Gasteiger partial charge in [-0.15, -0.1) is 0 Å². The van der Waals surface area contributed by atoms with Crippen LogP contribution in [0.15, 0.2) is 0 Å². The van der Waals surface area contributed by atoms with E-state index in [1.54, 1.807) is 7.11 Å². The summed E-state index contributed by atoms with van der Waals surface area (Å²) in [5.41, 5.74) is 0. The topological polar surface area (TPSA) is 147 Å². The molecule has 5 N–H and O–H groups in total. The molecule has 3 heterocycles. The van der Waals surface area contributed by atoms with E-state index in [0.29, 0.717) is 0 Å². The number of ether oxygens (including phenoxy) is 5. The maximum absolute atomic E-state index is 9.08. The first-order valence-electron chi connectivity index (χ1n) is 7.68. The maximum atomic E-state index is 9.08. The number of methoxy groups -OCH3 is 1. The van der Waals surface area contributed by atoms with Gasteiger partial charge in [0.05, 0.1) is 13.2 Å². The second kappa shape index (κ2) is 9.04. The van der Waals surface area contributed by atoms with Crippen LogP contribution in [0.2, 0.25) is 0 Å². The molecule has 11 heteroatoms. The van der Waals surface area contributed by atoms with Crippen molar-refractivity contribution in [2.45, 2.75) is 68.8 Å². The van der Waals surface area contributed by atoms with Crippen LogP contribution in [-0.4, -0.2) is 109 Å². The van der Waals surface area contributed by atoms with Crippen LogP contribution in [0.4, 0.5) is 0 Å². The Morgan fingerprint density at radius 2 is 1.64 bits per heavy atom. The lowest BCUT2D eigenvalue weighted by molar-refractivity contribution is -0.252. The zero-order chi connectivity index (χ0) is 18.1. The van der Waals surface area contributed by atoms with Gasteiger partial charge < -0.3 is 49.2 Å². The molecule has 3 rings (SSSR count). The zero-order valence-corrected chi connectivity index (χ0v) is 14.4. The summed E-state index contributed by atoms with van der Waals surface area (Å²) in [6.45, 7) is 3.44. The Morgan fingerprint density at radius 3 is 2.16 bits per heavy atom. The molecule has 0 aromatic heterocycles. The minimum Gasteiger partial charge on any atom is -0.394 e. The maximum Gasteiger partial charge on any atom is 0.186 e. The van der Waals surface area contributed by atoms with Crippen LogP contribution in [-0.2, 0) is 23.7 Å². The first-order chi connectivity index (χ1) is 11.2. The monoisotopic (exact) mass is 365 g/mol. The smallest absolute Gasteiger partial charge is 0.186 e. The summed E-state index contributed by atoms with van der Waals surface area (Å²) in [5.74, 6) is -0.622. The molecule has 25 heavy (non-hydrogen) atoms. The van der Waals surface area contributed by atoms with Crippen molar-refractivity contribution in [2.24, 2.45) is 0 Å². The highest BCUT2D eigenvalue weighted by Crippen LogP contribution is 2.38. The molecule has 0 bridgehead atoms. The number of aliphatic hydroxyl groups is 5. The standard InChI is InChI=1S/C9H16O5.C5H10O5.B/c1-9(2)13-6-5(4-10)12-8(11-3)7(6)14-9;6-2-1-10-5(9)4(8)3(2)7;/h5-8,10H,4H2,1-3H3;2-9H,1H2;/t5-,6-,7-,8?;2-,3-,4-,5?;/m11./s1. The van der Waals surface area contributed by atoms with Crippen LogP contribution in [0.25, 0.3) is 0 Å². The molecular formula is C14H26BO10. The van der Waals surface area contributed by atoms with Crippen molar-refractivity contribution >= 4 is 8.41 Å². The highest BCUT2D eigenvalue weighted by Gasteiger charge is 2.55. The Kier molecular flexibility index (Phi) is 8.21. The molecule has 2 unspecified atom stereocenters. The SMILES string of the molecule is COC1O[C@H](CO)[C@H]2OC(C)(C)O[C@@H]12.OC1OC[C@@H](O)[C@@H](O)[C@H]1O.[B]. The second-order valence-electron chi connectivity index (χ2n) is 6.30. The molecule has 3 radical (unpaired) electrons. The van der Waals surface area contributed by atoms with Gasteiger partial charge in [-0.3, -0.25) is 0 Å². The van der Waals surface area contributed by atoms with E-state index in [1.165, 1.54) is 0 Å². The minimum atomic E-state index is -1.41. The summed E-state index contributed by atoms with van der Waals surface area (Å²) in [6.07, 6.45) is -6.51. The molecule has 0 saturated carbocycles. The van der Waals surface area contributed by atoms with Crippen molar-refractivity contribution in [2.75, 3.05) is 20.3 Å². The third-order valence-corrected chi connectivity index (χ3v) is 3.99. The molecule has 10 nitrogen and oxygen atoms in total. The number of fused-ring (bicyclic) bond motifs is 1. The minimum absolute atomic E-state index is 0. The van der Waals surface area contributed by atoms with Gasteiger partial charge in [0.1, 0.15) is 36.6 Å². The molecule has 3 saturated heterocycles. The van der Waals surface area contributed by atoms with E-state index < -0.39 is 36.7 Å². The van der Waals surface area contributed by atoms with E-state index in [0.717, 1.165) is 0 Å². The molecule has 145 valence electrons. The van der Waals surface area contributed by atoms with Crippen LogP contribution < -0.4 is 0 Å². The molecule has 3 aliphatic rings. The van der Waals surface area contributed by atoms with E-state index in [-0.39, 0.29) is 39.9 Å². The van der Waals surface area contributed by atoms with Gasteiger partial charge in [0, 0.05) is 15.5 Å². The predicted molar refractivity (Wildman–Crippen MR) is 82.3 cm³/mol. The Hall–Kier alpha value is -0.335. The van der Waals surface area contributed by atoms with Gasteiger partial charge >= 0.3 is 0 Å². The molecule has 0 amide bonds. The Morgan fingerprint density at radius 1 is 1.04 bits per heavy atom. The number of hydrogen-bond donors (Lipinski definition) is 5. The van der Waals surface area contributed by atoms with Gasteiger partial charge in [-0.2, -0.15) is 0 Å². The van der Waals surface area contributed by atoms with Gasteiger partial charge in [-0.25, -0.2) is 0 Å². The third kappa shape index (κ3) is 5.10. The summed E-state index contributed by atoms with van der Waals surface area (Å²) in [4.78, 5) is 0. The highest BCUT2D eigenvalue weighted by atomic mass is 16.8. The van der Waals surface area contributed by atoms with Gasteiger partial charge in [0.2, 0.25) is 0 Å². The van der Waals surface area contributed by atoms with Crippen molar-refractivity contribution in [3.8, 4) is 0 Å². The summed E-state index contributed by atoms with van der Waals surface area (Å²) in [7, 11) is 1.55. The summed E-state index contributed by atoms with van der Waals surface area (Å²) >= 11 is 0. The first kappa shape index (κ1) is 22.7. The Labute approximate surface area is 147 Å². The zero-order valence-electron chi connectivity index (χ0n) is 14.4. The quantitative estimate of drug-likeness (QED) is 0.319. The average Bonchev–Trinajstić information content (AvgIpc) is 3.02. The van der Waals surface area contributed by atoms with E-state index in [9.17, 15) is 0 Å². The fourth-order valence-corrected chi connectivity index (χ4v) is 2.77. The van der Waals surface area contributed by atoms with E-state index >= 15 is 0 Å². The third-order valence-electron chi connectivity index (χ3n) is 3.99. The molecule has 3 fully saturated rings. The van der Waals surface area contributed by atoms with E-state index in [1.807, 2.05) is 13.8 Å². The predicted octanol–water partition coefficient (Wildman–Crippen LogP) is -3.09. The summed E-state index contributed by atoms with van der Waals surface area (Å²) in [5, 5.41) is 44.3. The van der Waals surface area contributed by atoms with E-state index in [4.69, 9.17) is 44.5 Å². The number of hydrogen-bond acceptors (Lipinski definition) is 10. The highest BCUT2D eigenvalue weighted by molar-refractivity contribution is 5.75. The lowest BCUT2D eigenvalue weighted by atomic mass is 10.1. The Bertz CT molecular complexity index is 377. The molecule has 0 aromatic rings. The van der Waals surface area contributed by atoms with Crippen molar-refractivity contribution < 1.29 is 49.2 Å². The van der Waals surface area contributed by atoms with Gasteiger partial charge in [-0.1, -0.05) is 0 Å². The summed E-state index contributed by atoms with van der Waals surface area (Å²) < 4.78 is 26.2. The van der Waals surface area contributed by atoms with Crippen molar-refractivity contribution in [1.29, 1.82) is 0 Å². The van der Waals surface area contributed by atoms with Crippen LogP contribution in [0.3, 0.4) is 0 Å². The van der Waals surface area contributed by atoms with Crippen LogP contribution in [0.1, 0.15) is 13.8 Å². The first-order valence-corrected chi connectivity index (χ1v) is 7.68. The molecule has 0 aliphatic carbocycles. The van der Waals surface area contributed by atoms with Crippen molar-refractivity contribution in [1.82, 2.24) is 0 Å². The number of rotatable bonds is 2. The molecule has 0 aromatic carbocycles. The van der Waals surface area contributed by atoms with Crippen molar-refractivity contribution in [3.63, 3.8) is 0 Å². The molecule has 0 spiro atoms. The second-order valence-corrected chi connectivity index (χ2v) is 6.30. The normalized spacial score (nSPS) is 45.1. The van der Waals surface area contributed by atoms with E-state index in [2.05, 4.69) is 4.74 Å². The van der Waals surface area contributed by atoms with Crippen molar-refractivity contribution in [3.05, 3.63) is 0 Å². The lowest BCUT2D eigenvalue weighted by Gasteiger charge is -2.31. The van der Waals surface area contributed by atoms with Gasteiger partial charge in [0.15, 0.2) is 18.4 Å².